The van der Waals surface area contributed by atoms with Crippen LogP contribution < -0.4 is 9.47 Å². The average molecular weight is 548 g/mol. The van der Waals surface area contributed by atoms with Crippen molar-refractivity contribution >= 4 is 19.7 Å². The molecular weight excluding hydrogens is 513 g/mol. The first kappa shape index (κ1) is 29.6. The van der Waals surface area contributed by atoms with Crippen molar-refractivity contribution in [2.24, 2.45) is 0 Å². The summed E-state index contributed by atoms with van der Waals surface area (Å²) in [4.78, 5) is 0. The van der Waals surface area contributed by atoms with Gasteiger partial charge in [-0.1, -0.05) is 31.7 Å². The molecule has 1 fully saturated rings. The van der Waals surface area contributed by atoms with Gasteiger partial charge in [0.05, 0.1) is 22.2 Å². The predicted octanol–water partition coefficient (Wildman–Crippen LogP) is 6.01. The summed E-state index contributed by atoms with van der Waals surface area (Å²) in [5, 5.41) is 0. The summed E-state index contributed by atoms with van der Waals surface area (Å²) in [6.45, 7) is 7.74. The van der Waals surface area contributed by atoms with Crippen LogP contribution >= 0.6 is 9.69 Å². The van der Waals surface area contributed by atoms with Crippen molar-refractivity contribution in [3.8, 4) is 11.5 Å². The molecule has 0 saturated heterocycles. The van der Waals surface area contributed by atoms with Crippen molar-refractivity contribution in [2.75, 3.05) is 5.75 Å². The molecule has 1 aliphatic carbocycles. The van der Waals surface area contributed by atoms with Crippen LogP contribution in [0.3, 0.4) is 0 Å². The summed E-state index contributed by atoms with van der Waals surface area (Å²) in [5.74, 6) is 1.19. The molecule has 1 aromatic carbocycles. The Morgan fingerprint density at radius 1 is 1.10 bits per heavy atom. The zero-order valence-electron chi connectivity index (χ0n) is 18.5. The third kappa shape index (κ3) is 10.3. The molecule has 2 unspecified atom stereocenters. The quantitative estimate of drug-likeness (QED) is 0.280. The fourth-order valence-corrected chi connectivity index (χ4v) is 4.48. The van der Waals surface area contributed by atoms with E-state index in [1.807, 2.05) is 63.2 Å². The Morgan fingerprint density at radius 3 is 2.07 bits per heavy atom. The van der Waals surface area contributed by atoms with Crippen LogP contribution in [-0.2, 0) is 33.8 Å². The van der Waals surface area contributed by atoms with E-state index in [9.17, 15) is 8.42 Å². The molecule has 0 amide bonds. The van der Waals surface area contributed by atoms with E-state index < -0.39 is 22.1 Å². The van der Waals surface area contributed by atoms with E-state index in [1.54, 1.807) is 0 Å². The molecule has 1 saturated carbocycles. The van der Waals surface area contributed by atoms with Crippen molar-refractivity contribution in [1.82, 2.24) is 0 Å². The van der Waals surface area contributed by atoms with Gasteiger partial charge in [0, 0.05) is 11.3 Å². The van der Waals surface area contributed by atoms with E-state index in [0.29, 0.717) is 17.9 Å². The minimum absolute atomic E-state index is 0. The van der Waals surface area contributed by atoms with E-state index in [-0.39, 0.29) is 31.8 Å². The first-order valence-corrected chi connectivity index (χ1v) is 13.8. The van der Waals surface area contributed by atoms with Crippen molar-refractivity contribution in [3.05, 3.63) is 41.6 Å². The molecule has 9 heteroatoms. The van der Waals surface area contributed by atoms with E-state index in [1.165, 1.54) is 0 Å². The zero-order chi connectivity index (χ0) is 22.0. The van der Waals surface area contributed by atoms with Crippen LogP contribution in [0.5, 0.6) is 11.5 Å². The molecule has 174 valence electrons. The summed E-state index contributed by atoms with van der Waals surface area (Å²) in [5.41, 5.74) is 8.78. The van der Waals surface area contributed by atoms with E-state index >= 15 is 0 Å². The van der Waals surface area contributed by atoms with Gasteiger partial charge in [-0.25, -0.2) is 8.42 Å². The first-order chi connectivity index (χ1) is 13.7. The number of sulfonamides is 1. The summed E-state index contributed by atoms with van der Waals surface area (Å²) >= 11 is 1.82. The maximum atomic E-state index is 12.6. The number of nitrogens with one attached hydrogen (secondary N) is 1. The van der Waals surface area contributed by atoms with Crippen LogP contribution in [0.15, 0.2) is 18.2 Å². The third-order valence-electron chi connectivity index (χ3n) is 4.45. The standard InChI is InChI=1S/C20H32N2O4S.CH3.ClH.Ru/c1-14(2)25-19-10-7-11-20(26-15(3)4)16(19)12-13-27(23,24)22-18-9-6-5-8-17(18)21;;;/h7,10-11,14-15,17-18,21H,5-6,8-9,12-13H2,1-4H3;1H3;1H;/q-2;-1;;+4/p-1. The summed E-state index contributed by atoms with van der Waals surface area (Å²) in [6.07, 6.45) is 3.55. The van der Waals surface area contributed by atoms with Gasteiger partial charge in [0.15, 0.2) is 0 Å². The first-order valence-electron chi connectivity index (χ1n) is 9.92. The monoisotopic (exact) mass is 548 g/mol. The Labute approximate surface area is 197 Å². The van der Waals surface area contributed by atoms with Crippen LogP contribution in [0.2, 0.25) is 0 Å². The van der Waals surface area contributed by atoms with Crippen molar-refractivity contribution in [3.63, 3.8) is 0 Å². The second kappa shape index (κ2) is 14.6. The SMILES string of the molecule is CC(C)Oc1cccc(OC(C)C)c1CCS(=O)(=O)[N-]C1CCCCC1[NH-].[CH3-].[Cl][Ru+3]. The number of hydrogen-bond donors (Lipinski definition) is 0. The topological polar surface area (TPSA) is 90.5 Å². The maximum absolute atomic E-state index is 12.6. The van der Waals surface area contributed by atoms with E-state index in [0.717, 1.165) is 24.8 Å². The van der Waals surface area contributed by atoms with Gasteiger partial charge in [0.25, 0.3) is 0 Å². The van der Waals surface area contributed by atoms with Crippen LogP contribution in [0.1, 0.15) is 58.9 Å². The molecule has 0 spiro atoms. The molecule has 0 radical (unpaired) electrons. The van der Waals surface area contributed by atoms with Gasteiger partial charge >= 0.3 is 27.0 Å². The molecule has 30 heavy (non-hydrogen) atoms. The van der Waals surface area contributed by atoms with Crippen LogP contribution in [0, 0.1) is 7.43 Å². The van der Waals surface area contributed by atoms with Crippen molar-refractivity contribution in [1.29, 1.82) is 0 Å². The van der Waals surface area contributed by atoms with Gasteiger partial charge < -0.3 is 27.4 Å². The Morgan fingerprint density at radius 2 is 1.60 bits per heavy atom. The third-order valence-corrected chi connectivity index (χ3v) is 5.76. The summed E-state index contributed by atoms with van der Waals surface area (Å²) < 4.78 is 40.9. The molecule has 2 atom stereocenters. The average Bonchev–Trinajstić information content (AvgIpc) is 2.64. The van der Waals surface area contributed by atoms with E-state index in [2.05, 4.69) is 14.4 Å². The molecule has 1 N–H and O–H groups in total. The Kier molecular flexibility index (Phi) is 14.4. The summed E-state index contributed by atoms with van der Waals surface area (Å²) in [7, 11) is 0.960. The zero-order valence-corrected chi connectivity index (χ0v) is 21.8. The summed E-state index contributed by atoms with van der Waals surface area (Å²) in [6, 6.07) is 4.72. The van der Waals surface area contributed by atoms with Gasteiger partial charge in [0.2, 0.25) is 0 Å². The second-order valence-corrected chi connectivity index (χ2v) is 9.45. The molecule has 1 aliphatic rings. The normalized spacial score (nSPS) is 18.9. The van der Waals surface area contributed by atoms with Crippen molar-refractivity contribution < 1.29 is 35.2 Å². The van der Waals surface area contributed by atoms with Gasteiger partial charge in [-0.05, 0) is 46.2 Å². The number of hydrogen-bond acceptors (Lipinski definition) is 4. The molecule has 1 aromatic rings. The molecule has 0 bridgehead atoms. The fraction of sp³-hybridized carbons (Fsp3) is 0.667. The molecule has 6 nitrogen and oxygen atoms in total. The van der Waals surface area contributed by atoms with Gasteiger partial charge in [-0.3, -0.25) is 0 Å². The van der Waals surface area contributed by atoms with E-state index in [4.69, 9.17) is 15.2 Å². The minimum atomic E-state index is -3.61. The number of nitrogens with zero attached hydrogens (tertiary/aromatic N) is 1. The number of ether oxygens (including phenoxy) is 2. The second-order valence-electron chi connectivity index (χ2n) is 7.67. The molecule has 0 aromatic heterocycles. The Bertz CT molecular complexity index is 689. The van der Waals surface area contributed by atoms with Gasteiger partial charge in [-0.15, -0.1) is 6.04 Å². The van der Waals surface area contributed by atoms with Crippen LogP contribution in [-0.4, -0.2) is 38.5 Å². The predicted molar refractivity (Wildman–Crippen MR) is 121 cm³/mol. The number of benzene rings is 1. The number of rotatable bonds is 9. The molecule has 2 rings (SSSR count). The number of halogens is 1. The van der Waals surface area contributed by atoms with Gasteiger partial charge in [0.1, 0.15) is 11.5 Å². The van der Waals surface area contributed by atoms with Crippen LogP contribution in [0.4, 0.5) is 0 Å². The molecular formula is C21H35ClN2O4RuS. The van der Waals surface area contributed by atoms with Crippen LogP contribution in [0.25, 0.3) is 10.5 Å². The molecule has 0 aliphatic heterocycles. The van der Waals surface area contributed by atoms with Crippen molar-refractivity contribution in [2.45, 2.75) is 84.1 Å². The Hall–Kier alpha value is -0.397. The molecule has 0 heterocycles. The van der Waals surface area contributed by atoms with Gasteiger partial charge in [-0.2, -0.15) is 6.04 Å². The fourth-order valence-electron chi connectivity index (χ4n) is 3.25. The Balaban J connectivity index is 0.00000272.